The third kappa shape index (κ3) is 1.39. The van der Waals surface area contributed by atoms with Gasteiger partial charge >= 0.3 is 0 Å². The van der Waals surface area contributed by atoms with E-state index < -0.39 is 0 Å². The van der Waals surface area contributed by atoms with Crippen molar-refractivity contribution in [3.8, 4) is 22.6 Å². The van der Waals surface area contributed by atoms with Crippen molar-refractivity contribution < 1.29 is 9.47 Å². The second-order valence-corrected chi connectivity index (χ2v) is 5.08. The Kier molecular flexibility index (Phi) is 2.20. The molecule has 0 unspecified atom stereocenters. The Hall–Kier alpha value is -1.88. The third-order valence-electron chi connectivity index (χ3n) is 3.68. The molecule has 1 aromatic carbocycles. The summed E-state index contributed by atoms with van der Waals surface area (Å²) in [6, 6.07) is 0. The van der Waals surface area contributed by atoms with Crippen LogP contribution in [0, 0.1) is 0 Å². The Morgan fingerprint density at radius 2 is 1.89 bits per heavy atom. The quantitative estimate of drug-likeness (QED) is 0.838. The van der Waals surface area contributed by atoms with Gasteiger partial charge in [0.15, 0.2) is 0 Å². The van der Waals surface area contributed by atoms with Crippen molar-refractivity contribution in [2.24, 2.45) is 0 Å². The van der Waals surface area contributed by atoms with Gasteiger partial charge in [-0.2, -0.15) is 5.10 Å². The van der Waals surface area contributed by atoms with E-state index in [9.17, 15) is 0 Å². The summed E-state index contributed by atoms with van der Waals surface area (Å²) in [5.41, 5.74) is 9.87. The lowest BCUT2D eigenvalue weighted by Gasteiger charge is -2.14. The Bertz CT molecular complexity index is 646. The van der Waals surface area contributed by atoms with E-state index in [0.29, 0.717) is 24.1 Å². The lowest BCUT2D eigenvalue weighted by molar-refractivity contribution is 0.356. The summed E-state index contributed by atoms with van der Waals surface area (Å²) in [6.07, 6.45) is 3.33. The van der Waals surface area contributed by atoms with Crippen LogP contribution in [0.15, 0.2) is 6.20 Å². The Balaban J connectivity index is 2.08. The largest absolute Gasteiger partial charge is 0.492 e. The lowest BCUT2D eigenvalue weighted by atomic mass is 9.95. The number of hydrogen-bond donors (Lipinski definition) is 2. The summed E-state index contributed by atoms with van der Waals surface area (Å²) in [5, 5.41) is 7.44. The number of aromatic amines is 1. The second-order valence-electron chi connectivity index (χ2n) is 4.70. The van der Waals surface area contributed by atoms with Crippen LogP contribution in [0.3, 0.4) is 0 Å². The van der Waals surface area contributed by atoms with Crippen LogP contribution in [0.4, 0.5) is 5.82 Å². The highest BCUT2D eigenvalue weighted by Gasteiger charge is 2.32. The molecule has 98 valence electrons. The Morgan fingerprint density at radius 3 is 2.63 bits per heavy atom. The molecule has 2 aliphatic rings. The second kappa shape index (κ2) is 3.81. The van der Waals surface area contributed by atoms with Crippen molar-refractivity contribution in [1.29, 1.82) is 0 Å². The number of anilines is 1. The molecule has 0 spiro atoms. The number of benzene rings is 1. The fraction of sp³-hybridized carbons (Fsp3) is 0.308. The number of ether oxygens (including phenoxy) is 2. The molecule has 0 saturated carbocycles. The molecule has 2 aliphatic heterocycles. The smallest absolute Gasteiger partial charge is 0.142 e. The first-order chi connectivity index (χ1) is 9.27. The number of nitrogen functional groups attached to an aromatic ring is 1. The Morgan fingerprint density at radius 1 is 1.16 bits per heavy atom. The summed E-state index contributed by atoms with van der Waals surface area (Å²) in [7, 11) is 0. The number of nitrogens with one attached hydrogen (secondary N) is 1. The van der Waals surface area contributed by atoms with Gasteiger partial charge in [0.2, 0.25) is 0 Å². The molecular weight excluding hydrogens is 266 g/mol. The summed E-state index contributed by atoms with van der Waals surface area (Å²) in [5.74, 6) is 2.15. The number of rotatable bonds is 1. The minimum atomic E-state index is 0.536. The molecule has 0 radical (unpaired) electrons. The van der Waals surface area contributed by atoms with Crippen molar-refractivity contribution in [1.82, 2.24) is 10.2 Å². The van der Waals surface area contributed by atoms with Gasteiger partial charge in [-0.3, -0.25) is 5.10 Å². The molecule has 0 atom stereocenters. The molecule has 0 saturated heterocycles. The van der Waals surface area contributed by atoms with E-state index in [1.807, 2.05) is 0 Å². The molecule has 2 aromatic rings. The molecule has 0 bridgehead atoms. The van der Waals surface area contributed by atoms with Gasteiger partial charge < -0.3 is 15.2 Å². The van der Waals surface area contributed by atoms with E-state index in [2.05, 4.69) is 10.2 Å². The standard InChI is InChI=1S/C13H12ClN3O2/c14-10-7-2-4-18-11(7)9(6-1-3-19-12(6)10)8-5-16-17-13(8)15/h5H,1-4H2,(H3,15,16,17). The molecule has 6 heteroatoms. The number of fused-ring (bicyclic) bond motifs is 2. The van der Waals surface area contributed by atoms with Crippen LogP contribution < -0.4 is 15.2 Å². The summed E-state index contributed by atoms with van der Waals surface area (Å²) < 4.78 is 11.5. The van der Waals surface area contributed by atoms with Crippen molar-refractivity contribution in [2.45, 2.75) is 12.8 Å². The number of hydrogen-bond acceptors (Lipinski definition) is 4. The van der Waals surface area contributed by atoms with Crippen molar-refractivity contribution in [2.75, 3.05) is 18.9 Å². The van der Waals surface area contributed by atoms with E-state index in [0.717, 1.165) is 46.6 Å². The number of aromatic nitrogens is 2. The van der Waals surface area contributed by atoms with Gasteiger partial charge in [-0.1, -0.05) is 11.6 Å². The summed E-state index contributed by atoms with van der Waals surface area (Å²) in [6.45, 7) is 1.28. The van der Waals surface area contributed by atoms with E-state index in [1.54, 1.807) is 6.20 Å². The van der Waals surface area contributed by atoms with Crippen LogP contribution >= 0.6 is 11.6 Å². The molecule has 1 aromatic heterocycles. The minimum Gasteiger partial charge on any atom is -0.492 e. The van der Waals surface area contributed by atoms with Crippen molar-refractivity contribution >= 4 is 17.4 Å². The highest BCUT2D eigenvalue weighted by molar-refractivity contribution is 6.33. The van der Waals surface area contributed by atoms with Crippen molar-refractivity contribution in [3.63, 3.8) is 0 Å². The molecule has 0 amide bonds. The van der Waals surface area contributed by atoms with Crippen molar-refractivity contribution in [3.05, 3.63) is 22.3 Å². The SMILES string of the molecule is Nc1[nH]ncc1-c1c2c(c(Cl)c3c1OCC3)OCC2. The predicted octanol–water partition coefficient (Wildman–Crippen LogP) is 2.18. The molecule has 3 N–H and O–H groups in total. The van der Waals surface area contributed by atoms with Crippen LogP contribution in [-0.4, -0.2) is 23.4 Å². The number of nitrogens with two attached hydrogens (primary N) is 1. The van der Waals surface area contributed by atoms with Gasteiger partial charge in [0, 0.05) is 35.1 Å². The molecule has 0 aliphatic carbocycles. The Labute approximate surface area is 114 Å². The maximum Gasteiger partial charge on any atom is 0.142 e. The average molecular weight is 278 g/mol. The number of H-pyrrole nitrogens is 1. The minimum absolute atomic E-state index is 0.536. The molecular formula is C13H12ClN3O2. The van der Waals surface area contributed by atoms with Crippen LogP contribution in [0.2, 0.25) is 5.02 Å². The number of halogens is 1. The lowest BCUT2D eigenvalue weighted by Crippen LogP contribution is -1.95. The average Bonchev–Trinajstić information content (AvgIpc) is 3.10. The van der Waals surface area contributed by atoms with Crippen LogP contribution in [0.5, 0.6) is 11.5 Å². The highest BCUT2D eigenvalue weighted by atomic mass is 35.5. The summed E-state index contributed by atoms with van der Waals surface area (Å²) >= 11 is 6.41. The van der Waals surface area contributed by atoms with E-state index in [4.69, 9.17) is 26.8 Å². The van der Waals surface area contributed by atoms with Gasteiger partial charge in [0.05, 0.1) is 24.4 Å². The highest BCUT2D eigenvalue weighted by Crippen LogP contribution is 2.51. The van der Waals surface area contributed by atoms with Gasteiger partial charge in [0.25, 0.3) is 0 Å². The zero-order chi connectivity index (χ0) is 13.0. The fourth-order valence-electron chi connectivity index (χ4n) is 2.83. The molecule has 5 nitrogen and oxygen atoms in total. The van der Waals surface area contributed by atoms with E-state index in [1.165, 1.54) is 0 Å². The van der Waals surface area contributed by atoms with Gasteiger partial charge in [-0.05, 0) is 0 Å². The van der Waals surface area contributed by atoms with Gasteiger partial charge in [-0.25, -0.2) is 0 Å². The third-order valence-corrected chi connectivity index (χ3v) is 4.08. The maximum absolute atomic E-state index is 6.41. The molecule has 3 heterocycles. The predicted molar refractivity (Wildman–Crippen MR) is 71.8 cm³/mol. The molecule has 4 rings (SSSR count). The topological polar surface area (TPSA) is 73.2 Å². The molecule has 19 heavy (non-hydrogen) atoms. The fourth-order valence-corrected chi connectivity index (χ4v) is 3.18. The maximum atomic E-state index is 6.41. The summed E-state index contributed by atoms with van der Waals surface area (Å²) in [4.78, 5) is 0. The van der Waals surface area contributed by atoms with E-state index in [-0.39, 0.29) is 0 Å². The van der Waals surface area contributed by atoms with E-state index >= 15 is 0 Å². The first-order valence-corrected chi connectivity index (χ1v) is 6.57. The first-order valence-electron chi connectivity index (χ1n) is 6.19. The van der Waals surface area contributed by atoms with Crippen LogP contribution in [0.25, 0.3) is 11.1 Å². The number of nitrogens with zero attached hydrogens (tertiary/aromatic N) is 1. The van der Waals surface area contributed by atoms with Crippen LogP contribution in [0.1, 0.15) is 11.1 Å². The monoisotopic (exact) mass is 277 g/mol. The van der Waals surface area contributed by atoms with Gasteiger partial charge in [0.1, 0.15) is 17.3 Å². The van der Waals surface area contributed by atoms with Crippen LogP contribution in [-0.2, 0) is 12.8 Å². The molecule has 0 fully saturated rings. The first kappa shape index (κ1) is 11.0. The zero-order valence-corrected chi connectivity index (χ0v) is 10.9. The zero-order valence-electron chi connectivity index (χ0n) is 10.1. The normalized spacial score (nSPS) is 15.8. The van der Waals surface area contributed by atoms with Gasteiger partial charge in [-0.15, -0.1) is 0 Å².